The van der Waals surface area contributed by atoms with Crippen LogP contribution < -0.4 is 15.8 Å². The van der Waals surface area contributed by atoms with Gasteiger partial charge in [0.1, 0.15) is 18.4 Å². The van der Waals surface area contributed by atoms with Crippen molar-refractivity contribution in [3.05, 3.63) is 110 Å². The standard InChI is InChI=1S/C26H22Cl2N4O6S/c27-20-8-4-5-16(23(20)28)15-38-18-9-11-19(12-10-18)39(36,37)31-14-13-21-22(24(31)25(33)30-35)26(34)32(29-21)17-6-2-1-3-7-17/h1-12,24,29,35H,13-15H2,(H,30,33). The van der Waals surface area contributed by atoms with Crippen molar-refractivity contribution in [2.24, 2.45) is 0 Å². The van der Waals surface area contributed by atoms with Gasteiger partial charge in [-0.05, 0) is 42.5 Å². The highest BCUT2D eigenvalue weighted by Crippen LogP contribution is 2.33. The fourth-order valence-corrected chi connectivity index (χ4v) is 6.40. The van der Waals surface area contributed by atoms with Crippen molar-refractivity contribution in [3.63, 3.8) is 0 Å². The van der Waals surface area contributed by atoms with Crippen LogP contribution in [0.5, 0.6) is 5.75 Å². The number of amides is 1. The summed E-state index contributed by atoms with van der Waals surface area (Å²) in [4.78, 5) is 26.0. The number of hydroxylamine groups is 1. The lowest BCUT2D eigenvalue weighted by molar-refractivity contribution is -0.133. The van der Waals surface area contributed by atoms with Crippen LogP contribution in [0.2, 0.25) is 10.0 Å². The van der Waals surface area contributed by atoms with Crippen LogP contribution in [0.15, 0.2) is 82.5 Å². The molecule has 1 aliphatic heterocycles. The number of hydrogen-bond acceptors (Lipinski definition) is 6. The Kier molecular flexibility index (Phi) is 7.52. The number of nitrogens with one attached hydrogen (secondary N) is 2. The van der Waals surface area contributed by atoms with Crippen LogP contribution in [-0.2, 0) is 27.8 Å². The normalized spacial score (nSPS) is 15.5. The van der Waals surface area contributed by atoms with Crippen molar-refractivity contribution in [1.29, 1.82) is 0 Å². The van der Waals surface area contributed by atoms with Crippen molar-refractivity contribution >= 4 is 39.1 Å². The minimum atomic E-state index is -4.27. The summed E-state index contributed by atoms with van der Waals surface area (Å²) in [5, 5.41) is 13.2. The van der Waals surface area contributed by atoms with Gasteiger partial charge in [-0.1, -0.05) is 53.5 Å². The highest BCUT2D eigenvalue weighted by molar-refractivity contribution is 7.89. The molecule has 2 heterocycles. The number of aromatic amines is 1. The van der Waals surface area contributed by atoms with E-state index < -0.39 is 27.5 Å². The van der Waals surface area contributed by atoms with Gasteiger partial charge in [-0.2, -0.15) is 4.31 Å². The van der Waals surface area contributed by atoms with Crippen molar-refractivity contribution in [1.82, 2.24) is 19.6 Å². The Labute approximate surface area is 233 Å². The number of rotatable bonds is 7. The van der Waals surface area contributed by atoms with Crippen molar-refractivity contribution in [2.45, 2.75) is 24.0 Å². The van der Waals surface area contributed by atoms with Crippen LogP contribution in [-0.4, -0.2) is 40.2 Å². The molecule has 1 aliphatic rings. The molecular weight excluding hydrogens is 567 g/mol. The Hall–Kier alpha value is -3.61. The molecule has 0 radical (unpaired) electrons. The van der Waals surface area contributed by atoms with Crippen LogP contribution in [0, 0.1) is 0 Å². The number of carbonyl (C=O) groups excluding carboxylic acids is 1. The van der Waals surface area contributed by atoms with E-state index >= 15 is 0 Å². The summed E-state index contributed by atoms with van der Waals surface area (Å²) in [5.41, 5.74) is 2.45. The van der Waals surface area contributed by atoms with Gasteiger partial charge in [0.2, 0.25) is 10.0 Å². The molecule has 4 aromatic rings. The molecule has 10 nitrogen and oxygen atoms in total. The zero-order valence-electron chi connectivity index (χ0n) is 20.2. The molecule has 1 unspecified atom stereocenters. The Morgan fingerprint density at radius 1 is 1.05 bits per heavy atom. The molecule has 1 atom stereocenters. The van der Waals surface area contributed by atoms with Crippen LogP contribution in [0.1, 0.15) is 22.9 Å². The summed E-state index contributed by atoms with van der Waals surface area (Å²) in [6.45, 7) is 0.00793. The molecule has 3 N–H and O–H groups in total. The van der Waals surface area contributed by atoms with Gasteiger partial charge in [-0.15, -0.1) is 0 Å². The number of sulfonamides is 1. The van der Waals surface area contributed by atoms with Gasteiger partial charge in [0, 0.05) is 24.2 Å². The second-order valence-corrected chi connectivity index (χ2v) is 11.4. The predicted molar refractivity (Wildman–Crippen MR) is 144 cm³/mol. The summed E-state index contributed by atoms with van der Waals surface area (Å²) in [7, 11) is -4.27. The average molecular weight is 589 g/mol. The van der Waals surface area contributed by atoms with E-state index in [4.69, 9.17) is 27.9 Å². The molecule has 5 rings (SSSR count). The van der Waals surface area contributed by atoms with E-state index in [1.807, 2.05) is 0 Å². The van der Waals surface area contributed by atoms with Gasteiger partial charge < -0.3 is 4.74 Å². The Morgan fingerprint density at radius 2 is 1.77 bits per heavy atom. The van der Waals surface area contributed by atoms with E-state index in [1.165, 1.54) is 34.4 Å². The molecule has 0 saturated carbocycles. The number of nitrogens with zero attached hydrogens (tertiary/aromatic N) is 2. The summed E-state index contributed by atoms with van der Waals surface area (Å²) in [6, 6.07) is 17.9. The van der Waals surface area contributed by atoms with E-state index in [9.17, 15) is 23.2 Å². The minimum Gasteiger partial charge on any atom is -0.489 e. The van der Waals surface area contributed by atoms with Gasteiger partial charge >= 0.3 is 0 Å². The van der Waals surface area contributed by atoms with E-state index in [0.29, 0.717) is 32.7 Å². The van der Waals surface area contributed by atoms with Gasteiger partial charge in [0.25, 0.3) is 11.5 Å². The van der Waals surface area contributed by atoms with Crippen LogP contribution in [0.25, 0.3) is 5.69 Å². The molecule has 202 valence electrons. The smallest absolute Gasteiger partial charge is 0.276 e. The summed E-state index contributed by atoms with van der Waals surface area (Å²) in [5.74, 6) is -0.666. The molecule has 13 heteroatoms. The number of H-pyrrole nitrogens is 1. The first-order valence-electron chi connectivity index (χ1n) is 11.7. The maximum atomic E-state index is 13.7. The number of hydrogen-bond donors (Lipinski definition) is 3. The Morgan fingerprint density at radius 3 is 2.46 bits per heavy atom. The fourth-order valence-electron chi connectivity index (χ4n) is 4.47. The minimum absolute atomic E-state index is 0.0569. The molecule has 0 bridgehead atoms. The largest absolute Gasteiger partial charge is 0.489 e. The van der Waals surface area contributed by atoms with Crippen molar-refractivity contribution in [3.8, 4) is 11.4 Å². The van der Waals surface area contributed by atoms with Crippen LogP contribution in [0.4, 0.5) is 0 Å². The fraction of sp³-hybridized carbons (Fsp3) is 0.154. The van der Waals surface area contributed by atoms with Crippen LogP contribution >= 0.6 is 23.2 Å². The number of para-hydroxylation sites is 1. The topological polar surface area (TPSA) is 134 Å². The lowest BCUT2D eigenvalue weighted by atomic mass is 10.0. The van der Waals surface area contributed by atoms with Gasteiger partial charge in [0.15, 0.2) is 0 Å². The van der Waals surface area contributed by atoms with Crippen LogP contribution in [0.3, 0.4) is 0 Å². The first-order valence-corrected chi connectivity index (χ1v) is 13.9. The molecule has 0 spiro atoms. The zero-order chi connectivity index (χ0) is 27.7. The zero-order valence-corrected chi connectivity index (χ0v) is 22.5. The lowest BCUT2D eigenvalue weighted by Crippen LogP contribution is -2.48. The van der Waals surface area contributed by atoms with E-state index in [2.05, 4.69) is 5.10 Å². The first kappa shape index (κ1) is 27.0. The Balaban J connectivity index is 1.44. The molecule has 1 aromatic heterocycles. The summed E-state index contributed by atoms with van der Waals surface area (Å²) >= 11 is 12.2. The number of halogens is 2. The van der Waals surface area contributed by atoms with Crippen molar-refractivity contribution < 1.29 is 23.2 Å². The number of carbonyl (C=O) groups is 1. The third-order valence-corrected chi connectivity index (χ3v) is 9.11. The summed E-state index contributed by atoms with van der Waals surface area (Å²) in [6.07, 6.45) is 0.153. The van der Waals surface area contributed by atoms with Gasteiger partial charge in [-0.25, -0.2) is 18.6 Å². The molecule has 0 saturated heterocycles. The quantitative estimate of drug-likeness (QED) is 0.222. The number of aromatic nitrogens is 2. The second-order valence-electron chi connectivity index (χ2n) is 8.70. The SMILES string of the molecule is O=C(NO)C1c2c([nH]n(-c3ccccc3)c2=O)CCN1S(=O)(=O)c1ccc(OCc2cccc(Cl)c2Cl)cc1. The average Bonchev–Trinajstić information content (AvgIpc) is 3.30. The second kappa shape index (κ2) is 10.9. The number of ether oxygens (including phenoxy) is 1. The summed E-state index contributed by atoms with van der Waals surface area (Å²) < 4.78 is 35.2. The molecule has 0 fully saturated rings. The molecular formula is C26H22Cl2N4O6S. The molecule has 1 amide bonds. The third kappa shape index (κ3) is 5.07. The molecule has 0 aliphatic carbocycles. The maximum Gasteiger partial charge on any atom is 0.276 e. The maximum absolute atomic E-state index is 13.7. The van der Waals surface area contributed by atoms with Gasteiger partial charge in [-0.3, -0.25) is 19.9 Å². The Bertz CT molecular complexity index is 1690. The first-order chi connectivity index (χ1) is 18.7. The van der Waals surface area contributed by atoms with E-state index in [0.717, 1.165) is 4.31 Å². The third-order valence-electron chi connectivity index (χ3n) is 6.38. The van der Waals surface area contributed by atoms with Crippen molar-refractivity contribution in [2.75, 3.05) is 6.54 Å². The molecule has 39 heavy (non-hydrogen) atoms. The highest BCUT2D eigenvalue weighted by Gasteiger charge is 2.43. The van der Waals surface area contributed by atoms with Gasteiger partial charge in [0.05, 0.1) is 26.2 Å². The monoisotopic (exact) mass is 588 g/mol. The van der Waals surface area contributed by atoms with E-state index in [1.54, 1.807) is 48.5 Å². The molecule has 3 aromatic carbocycles. The lowest BCUT2D eigenvalue weighted by Gasteiger charge is -2.32. The highest BCUT2D eigenvalue weighted by atomic mass is 35.5. The predicted octanol–water partition coefficient (Wildman–Crippen LogP) is 3.84. The number of fused-ring (bicyclic) bond motifs is 1. The number of benzene rings is 3. The van der Waals surface area contributed by atoms with E-state index in [-0.39, 0.29) is 30.0 Å².